The molecule has 1 aromatic heterocycles. The predicted octanol–water partition coefficient (Wildman–Crippen LogP) is 1.38. The molecule has 0 aliphatic heterocycles. The van der Waals surface area contributed by atoms with Crippen molar-refractivity contribution in [1.82, 2.24) is 14.6 Å². The van der Waals surface area contributed by atoms with E-state index < -0.39 is 15.9 Å². The van der Waals surface area contributed by atoms with E-state index in [4.69, 9.17) is 4.74 Å². The molecule has 0 aliphatic rings. The van der Waals surface area contributed by atoms with E-state index in [-0.39, 0.29) is 23.9 Å². The molecule has 0 saturated carbocycles. The zero-order chi connectivity index (χ0) is 21.4. The number of carbonyl (C=O) groups excluding carboxylic acids is 2. The Morgan fingerprint density at radius 2 is 1.86 bits per heavy atom. The molecule has 0 bridgehead atoms. The molecule has 1 heterocycles. The number of anilines is 1. The molecule has 2 aromatic rings. The first-order valence-electron chi connectivity index (χ1n) is 8.90. The van der Waals surface area contributed by atoms with E-state index in [1.54, 1.807) is 18.3 Å². The molecular weight excluding hydrogens is 396 g/mol. The molecule has 2 N–H and O–H groups in total. The quantitative estimate of drug-likeness (QED) is 0.633. The zero-order valence-electron chi connectivity index (χ0n) is 16.5. The van der Waals surface area contributed by atoms with Gasteiger partial charge in [-0.2, -0.15) is 4.31 Å². The molecular formula is C19H24N4O5S. The van der Waals surface area contributed by atoms with Crippen LogP contribution in [-0.2, 0) is 26.2 Å². The van der Waals surface area contributed by atoms with Crippen molar-refractivity contribution in [2.45, 2.75) is 25.3 Å². The summed E-state index contributed by atoms with van der Waals surface area (Å²) in [5, 5.41) is 5.24. The summed E-state index contributed by atoms with van der Waals surface area (Å²) in [5.41, 5.74) is 1.27. The average molecular weight is 420 g/mol. The van der Waals surface area contributed by atoms with E-state index in [0.717, 1.165) is 9.87 Å². The fraction of sp³-hybridized carbons (Fsp3) is 0.316. The van der Waals surface area contributed by atoms with Gasteiger partial charge >= 0.3 is 0 Å². The van der Waals surface area contributed by atoms with E-state index >= 15 is 0 Å². The molecule has 0 aliphatic carbocycles. The molecule has 9 nitrogen and oxygen atoms in total. The number of amides is 2. The fourth-order valence-corrected chi connectivity index (χ4v) is 3.55. The lowest BCUT2D eigenvalue weighted by Gasteiger charge is -2.17. The van der Waals surface area contributed by atoms with E-state index in [1.807, 2.05) is 6.92 Å². The third-order valence-corrected chi connectivity index (χ3v) is 5.65. The van der Waals surface area contributed by atoms with Gasteiger partial charge in [0.15, 0.2) is 0 Å². The number of aromatic nitrogens is 1. The van der Waals surface area contributed by atoms with Gasteiger partial charge in [-0.1, -0.05) is 0 Å². The second kappa shape index (κ2) is 9.99. The Labute approximate surface area is 170 Å². The molecule has 0 radical (unpaired) electrons. The summed E-state index contributed by atoms with van der Waals surface area (Å²) in [6.07, 6.45) is 1.58. The first kappa shape index (κ1) is 22.3. The average Bonchev–Trinajstić information content (AvgIpc) is 2.67. The van der Waals surface area contributed by atoms with Gasteiger partial charge < -0.3 is 15.4 Å². The molecule has 0 unspecified atom stereocenters. The predicted molar refractivity (Wildman–Crippen MR) is 108 cm³/mol. The van der Waals surface area contributed by atoms with Gasteiger partial charge in [0, 0.05) is 38.5 Å². The molecule has 0 spiro atoms. The lowest BCUT2D eigenvalue weighted by atomic mass is 10.2. The molecule has 29 heavy (non-hydrogen) atoms. The van der Waals surface area contributed by atoms with Crippen molar-refractivity contribution in [3.8, 4) is 5.88 Å². The van der Waals surface area contributed by atoms with Gasteiger partial charge in [-0.3, -0.25) is 9.59 Å². The number of ether oxygens (including phenoxy) is 1. The lowest BCUT2D eigenvalue weighted by molar-refractivity contribution is -0.121. The van der Waals surface area contributed by atoms with Gasteiger partial charge in [-0.25, -0.2) is 13.4 Å². The maximum absolute atomic E-state index is 12.6. The Balaban J connectivity index is 1.95. The minimum absolute atomic E-state index is 0.0254. The number of nitrogens with one attached hydrogen (secondary N) is 2. The summed E-state index contributed by atoms with van der Waals surface area (Å²) >= 11 is 0. The van der Waals surface area contributed by atoms with Gasteiger partial charge in [0.2, 0.25) is 27.7 Å². The van der Waals surface area contributed by atoms with Crippen LogP contribution in [0, 0.1) is 0 Å². The summed E-state index contributed by atoms with van der Waals surface area (Å²) in [7, 11) is -2.52. The smallest absolute Gasteiger partial charge is 0.243 e. The first-order valence-corrected chi connectivity index (χ1v) is 10.3. The third kappa shape index (κ3) is 6.54. The zero-order valence-corrected chi connectivity index (χ0v) is 17.3. The van der Waals surface area contributed by atoms with E-state index in [2.05, 4.69) is 15.6 Å². The Morgan fingerprint density at radius 3 is 2.48 bits per heavy atom. The Kier molecular flexibility index (Phi) is 7.68. The molecule has 2 amide bonds. The number of sulfonamides is 1. The van der Waals surface area contributed by atoms with Crippen LogP contribution < -0.4 is 15.4 Å². The standard InChI is InChI=1S/C19H24N4O5S/c1-4-28-19-11-15(9-10-20-19)12-21-18(25)13-23(3)29(26,27)17-7-5-16(6-8-17)22-14(2)24/h5-11H,4,12-13H2,1-3H3,(H,21,25)(H,22,24). The number of pyridine rings is 1. The monoisotopic (exact) mass is 420 g/mol. The van der Waals surface area contributed by atoms with Crippen molar-refractivity contribution < 1.29 is 22.7 Å². The number of hydrogen-bond acceptors (Lipinski definition) is 6. The molecule has 2 rings (SSSR count). The fourth-order valence-electron chi connectivity index (χ4n) is 2.42. The third-order valence-electron chi connectivity index (χ3n) is 3.83. The van der Waals surface area contributed by atoms with E-state index in [1.165, 1.54) is 38.2 Å². The van der Waals surface area contributed by atoms with Crippen LogP contribution in [0.1, 0.15) is 19.4 Å². The second-order valence-corrected chi connectivity index (χ2v) is 8.22. The maximum atomic E-state index is 12.6. The summed E-state index contributed by atoms with van der Waals surface area (Å²) in [6.45, 7) is 3.58. The Bertz CT molecular complexity index is 961. The number of rotatable bonds is 9. The summed E-state index contributed by atoms with van der Waals surface area (Å²) in [5.74, 6) is -0.237. The highest BCUT2D eigenvalue weighted by atomic mass is 32.2. The van der Waals surface area contributed by atoms with Crippen molar-refractivity contribution in [3.63, 3.8) is 0 Å². The van der Waals surface area contributed by atoms with Gasteiger partial charge in [-0.05, 0) is 42.8 Å². The second-order valence-electron chi connectivity index (χ2n) is 6.18. The summed E-state index contributed by atoms with van der Waals surface area (Å²) < 4.78 is 31.5. The van der Waals surface area contributed by atoms with Crippen LogP contribution in [0.4, 0.5) is 5.69 Å². The van der Waals surface area contributed by atoms with Crippen LogP contribution >= 0.6 is 0 Å². The van der Waals surface area contributed by atoms with Crippen LogP contribution in [0.15, 0.2) is 47.5 Å². The molecule has 1 aromatic carbocycles. The van der Waals surface area contributed by atoms with E-state index in [0.29, 0.717) is 18.2 Å². The number of likely N-dealkylation sites (N-methyl/N-ethyl adjacent to an activating group) is 1. The molecule has 0 saturated heterocycles. The minimum Gasteiger partial charge on any atom is -0.478 e. The van der Waals surface area contributed by atoms with Crippen molar-refractivity contribution in [2.75, 3.05) is 25.5 Å². The number of benzene rings is 1. The summed E-state index contributed by atoms with van der Waals surface area (Å²) in [6, 6.07) is 9.17. The van der Waals surface area contributed by atoms with Gasteiger partial charge in [0.1, 0.15) is 0 Å². The molecule has 10 heteroatoms. The van der Waals surface area contributed by atoms with Crippen LogP contribution in [0.3, 0.4) is 0 Å². The van der Waals surface area contributed by atoms with Crippen molar-refractivity contribution in [1.29, 1.82) is 0 Å². The minimum atomic E-state index is -3.85. The number of nitrogens with zero attached hydrogens (tertiary/aromatic N) is 2. The van der Waals surface area contributed by atoms with Crippen LogP contribution in [0.25, 0.3) is 0 Å². The Hall–Kier alpha value is -2.98. The summed E-state index contributed by atoms with van der Waals surface area (Å²) in [4.78, 5) is 27.3. The highest BCUT2D eigenvalue weighted by Crippen LogP contribution is 2.17. The Morgan fingerprint density at radius 1 is 1.17 bits per heavy atom. The molecule has 156 valence electrons. The van der Waals surface area contributed by atoms with Gasteiger partial charge in [-0.15, -0.1) is 0 Å². The lowest BCUT2D eigenvalue weighted by Crippen LogP contribution is -2.38. The van der Waals surface area contributed by atoms with Crippen molar-refractivity contribution in [2.24, 2.45) is 0 Å². The topological polar surface area (TPSA) is 118 Å². The maximum Gasteiger partial charge on any atom is 0.243 e. The molecule has 0 fully saturated rings. The molecule has 0 atom stereocenters. The number of hydrogen-bond donors (Lipinski definition) is 2. The van der Waals surface area contributed by atoms with Gasteiger partial charge in [0.25, 0.3) is 0 Å². The number of carbonyl (C=O) groups is 2. The SMILES string of the molecule is CCOc1cc(CNC(=O)CN(C)S(=O)(=O)c2ccc(NC(C)=O)cc2)ccn1. The van der Waals surface area contributed by atoms with Crippen LogP contribution in [0.2, 0.25) is 0 Å². The largest absolute Gasteiger partial charge is 0.478 e. The van der Waals surface area contributed by atoms with E-state index in [9.17, 15) is 18.0 Å². The van der Waals surface area contributed by atoms with Gasteiger partial charge in [0.05, 0.1) is 18.0 Å². The first-order chi connectivity index (χ1) is 13.7. The van der Waals surface area contributed by atoms with Crippen molar-refractivity contribution in [3.05, 3.63) is 48.2 Å². The van der Waals surface area contributed by atoms with Crippen molar-refractivity contribution >= 4 is 27.5 Å². The highest BCUT2D eigenvalue weighted by Gasteiger charge is 2.22. The van der Waals surface area contributed by atoms with Crippen LogP contribution in [0.5, 0.6) is 5.88 Å². The highest BCUT2D eigenvalue weighted by molar-refractivity contribution is 7.89. The normalized spacial score (nSPS) is 11.2. The van der Waals surface area contributed by atoms with Crippen LogP contribution in [-0.4, -0.2) is 49.7 Å².